The zero-order valence-corrected chi connectivity index (χ0v) is 10.5. The van der Waals surface area contributed by atoms with E-state index in [0.717, 1.165) is 4.47 Å². The third-order valence-corrected chi connectivity index (χ3v) is 3.64. The molecule has 0 bridgehead atoms. The standard InChI is InChI=1S/C9H10BrFO4S/c10-7-1-3-9(4-2-7)16(13,14)15-8(5-11)6-12/h1-4,8,12H,5-6H2. The average Bonchev–Trinajstić information content (AvgIpc) is 2.26. The molecule has 1 aromatic rings. The Morgan fingerprint density at radius 2 is 1.94 bits per heavy atom. The summed E-state index contributed by atoms with van der Waals surface area (Å²) in [5.74, 6) is 0. The monoisotopic (exact) mass is 312 g/mol. The van der Waals surface area contributed by atoms with Crippen molar-refractivity contribution in [3.63, 3.8) is 0 Å². The van der Waals surface area contributed by atoms with Crippen LogP contribution in [0.25, 0.3) is 0 Å². The van der Waals surface area contributed by atoms with Crippen molar-refractivity contribution < 1.29 is 22.1 Å². The molecule has 0 radical (unpaired) electrons. The third kappa shape index (κ3) is 3.51. The molecule has 0 fully saturated rings. The fourth-order valence-corrected chi connectivity index (χ4v) is 2.26. The molecule has 1 aromatic carbocycles. The van der Waals surface area contributed by atoms with E-state index in [-0.39, 0.29) is 4.90 Å². The predicted octanol–water partition coefficient (Wildman–Crippen LogP) is 1.48. The van der Waals surface area contributed by atoms with Gasteiger partial charge >= 0.3 is 0 Å². The van der Waals surface area contributed by atoms with Gasteiger partial charge in [0.2, 0.25) is 0 Å². The summed E-state index contributed by atoms with van der Waals surface area (Å²) in [6, 6.07) is 5.71. The van der Waals surface area contributed by atoms with Gasteiger partial charge in [-0.2, -0.15) is 8.42 Å². The van der Waals surface area contributed by atoms with Crippen molar-refractivity contribution in [3.05, 3.63) is 28.7 Å². The molecule has 0 aromatic heterocycles. The van der Waals surface area contributed by atoms with Gasteiger partial charge in [-0.05, 0) is 24.3 Å². The van der Waals surface area contributed by atoms with Gasteiger partial charge in [0.05, 0.1) is 11.5 Å². The van der Waals surface area contributed by atoms with Gasteiger partial charge in [0.1, 0.15) is 12.8 Å². The Hall–Kier alpha value is -0.500. The molecular formula is C9H10BrFO4S. The molecule has 0 aliphatic carbocycles. The molecule has 0 heterocycles. The molecule has 1 rings (SSSR count). The minimum Gasteiger partial charge on any atom is -0.394 e. The summed E-state index contributed by atoms with van der Waals surface area (Å²) in [5, 5.41) is 8.64. The van der Waals surface area contributed by atoms with Gasteiger partial charge < -0.3 is 5.11 Å². The highest BCUT2D eigenvalue weighted by molar-refractivity contribution is 9.10. The van der Waals surface area contributed by atoms with E-state index in [1.165, 1.54) is 24.3 Å². The zero-order chi connectivity index (χ0) is 12.2. The van der Waals surface area contributed by atoms with E-state index in [1.54, 1.807) is 0 Å². The van der Waals surface area contributed by atoms with Crippen molar-refractivity contribution >= 4 is 26.0 Å². The second-order valence-corrected chi connectivity index (χ2v) is 5.45. The summed E-state index contributed by atoms with van der Waals surface area (Å²) in [7, 11) is -4.02. The Labute approximate surface area is 101 Å². The summed E-state index contributed by atoms with van der Waals surface area (Å²) >= 11 is 3.15. The van der Waals surface area contributed by atoms with Crippen molar-refractivity contribution in [3.8, 4) is 0 Å². The van der Waals surface area contributed by atoms with Crippen molar-refractivity contribution in [2.45, 2.75) is 11.0 Å². The molecule has 16 heavy (non-hydrogen) atoms. The van der Waals surface area contributed by atoms with Crippen molar-refractivity contribution in [2.24, 2.45) is 0 Å². The molecule has 7 heteroatoms. The third-order valence-electron chi connectivity index (χ3n) is 1.74. The van der Waals surface area contributed by atoms with Crippen LogP contribution in [0.15, 0.2) is 33.6 Å². The quantitative estimate of drug-likeness (QED) is 0.837. The highest BCUT2D eigenvalue weighted by atomic mass is 79.9. The van der Waals surface area contributed by atoms with Gasteiger partial charge in [-0.25, -0.2) is 4.39 Å². The summed E-state index contributed by atoms with van der Waals surface area (Å²) in [6.07, 6.45) is -1.35. The highest BCUT2D eigenvalue weighted by Gasteiger charge is 2.21. The van der Waals surface area contributed by atoms with Crippen LogP contribution >= 0.6 is 15.9 Å². The van der Waals surface area contributed by atoms with E-state index in [4.69, 9.17) is 5.11 Å². The Kier molecular flexibility index (Phi) is 4.85. The number of hydrogen-bond acceptors (Lipinski definition) is 4. The van der Waals surface area contributed by atoms with Gasteiger partial charge in [0.15, 0.2) is 0 Å². The smallest absolute Gasteiger partial charge is 0.297 e. The summed E-state index contributed by atoms with van der Waals surface area (Å²) in [4.78, 5) is -0.0809. The Morgan fingerprint density at radius 1 is 1.38 bits per heavy atom. The fraction of sp³-hybridized carbons (Fsp3) is 0.333. The Bertz CT molecular complexity index is 427. The predicted molar refractivity (Wildman–Crippen MR) is 59.3 cm³/mol. The molecule has 0 amide bonds. The second kappa shape index (κ2) is 5.72. The first-order valence-corrected chi connectivity index (χ1v) is 6.55. The first-order valence-electron chi connectivity index (χ1n) is 4.35. The molecule has 0 saturated heterocycles. The van der Waals surface area contributed by atoms with Crippen LogP contribution in [0.4, 0.5) is 4.39 Å². The topological polar surface area (TPSA) is 63.6 Å². The molecule has 4 nitrogen and oxygen atoms in total. The van der Waals surface area contributed by atoms with Crippen LogP contribution in [0, 0.1) is 0 Å². The molecule has 90 valence electrons. The molecule has 0 spiro atoms. The lowest BCUT2D eigenvalue weighted by atomic mass is 10.4. The minimum absolute atomic E-state index is 0.0809. The number of halogens is 2. The van der Waals surface area contributed by atoms with E-state index < -0.39 is 29.5 Å². The van der Waals surface area contributed by atoms with E-state index in [0.29, 0.717) is 0 Å². The van der Waals surface area contributed by atoms with Gasteiger partial charge in [-0.1, -0.05) is 15.9 Å². The molecule has 0 aliphatic heterocycles. The first kappa shape index (κ1) is 13.6. The van der Waals surface area contributed by atoms with Crippen LogP contribution in [-0.2, 0) is 14.3 Å². The number of rotatable bonds is 5. The molecular weight excluding hydrogens is 303 g/mol. The Balaban J connectivity index is 2.89. The number of aliphatic hydroxyl groups excluding tert-OH is 1. The van der Waals surface area contributed by atoms with E-state index in [1.807, 2.05) is 0 Å². The maximum Gasteiger partial charge on any atom is 0.297 e. The molecule has 1 atom stereocenters. The normalized spacial score (nSPS) is 13.7. The van der Waals surface area contributed by atoms with Crippen LogP contribution in [0.2, 0.25) is 0 Å². The fourth-order valence-electron chi connectivity index (χ4n) is 0.941. The average molecular weight is 313 g/mol. The molecule has 0 saturated carbocycles. The van der Waals surface area contributed by atoms with Gasteiger partial charge in [-0.3, -0.25) is 4.18 Å². The zero-order valence-electron chi connectivity index (χ0n) is 8.14. The SMILES string of the molecule is O=S(=O)(OC(CO)CF)c1ccc(Br)cc1. The lowest BCUT2D eigenvalue weighted by Crippen LogP contribution is -2.24. The summed E-state index contributed by atoms with van der Waals surface area (Å²) < 4.78 is 40.5. The molecule has 1 N–H and O–H groups in total. The lowest BCUT2D eigenvalue weighted by Gasteiger charge is -2.11. The number of hydrogen-bond donors (Lipinski definition) is 1. The largest absolute Gasteiger partial charge is 0.394 e. The highest BCUT2D eigenvalue weighted by Crippen LogP contribution is 2.17. The number of benzene rings is 1. The Morgan fingerprint density at radius 3 is 2.38 bits per heavy atom. The van der Waals surface area contributed by atoms with Crippen molar-refractivity contribution in [1.82, 2.24) is 0 Å². The lowest BCUT2D eigenvalue weighted by molar-refractivity contribution is 0.0983. The maximum atomic E-state index is 12.2. The van der Waals surface area contributed by atoms with E-state index in [9.17, 15) is 12.8 Å². The first-order chi connectivity index (χ1) is 7.49. The maximum absolute atomic E-state index is 12.2. The van der Waals surface area contributed by atoms with Crippen molar-refractivity contribution in [2.75, 3.05) is 13.3 Å². The number of aliphatic hydroxyl groups is 1. The van der Waals surface area contributed by atoms with Gasteiger partial charge in [0, 0.05) is 4.47 Å². The van der Waals surface area contributed by atoms with Crippen LogP contribution in [0.1, 0.15) is 0 Å². The van der Waals surface area contributed by atoms with E-state index in [2.05, 4.69) is 20.1 Å². The van der Waals surface area contributed by atoms with Crippen LogP contribution in [0.5, 0.6) is 0 Å². The minimum atomic E-state index is -4.02. The summed E-state index contributed by atoms with van der Waals surface area (Å²) in [5.41, 5.74) is 0. The van der Waals surface area contributed by atoms with Crippen LogP contribution < -0.4 is 0 Å². The molecule has 1 unspecified atom stereocenters. The van der Waals surface area contributed by atoms with Crippen LogP contribution in [0.3, 0.4) is 0 Å². The van der Waals surface area contributed by atoms with Gasteiger partial charge in [-0.15, -0.1) is 0 Å². The van der Waals surface area contributed by atoms with Crippen LogP contribution in [-0.4, -0.2) is 32.9 Å². The summed E-state index contributed by atoms with van der Waals surface area (Å²) in [6.45, 7) is -1.75. The van der Waals surface area contributed by atoms with E-state index >= 15 is 0 Å². The molecule has 0 aliphatic rings. The second-order valence-electron chi connectivity index (χ2n) is 2.96. The van der Waals surface area contributed by atoms with Gasteiger partial charge in [0.25, 0.3) is 10.1 Å². The number of alkyl halides is 1. The van der Waals surface area contributed by atoms with Crippen molar-refractivity contribution in [1.29, 1.82) is 0 Å².